The van der Waals surface area contributed by atoms with Gasteiger partial charge in [-0.1, -0.05) is 26.0 Å². The Morgan fingerprint density at radius 2 is 1.90 bits per heavy atom. The molecule has 0 bridgehead atoms. The number of nitrogens with zero attached hydrogens (tertiary/aromatic N) is 3. The van der Waals surface area contributed by atoms with Crippen molar-refractivity contribution < 1.29 is 14.2 Å². The molecule has 1 spiro atoms. The lowest BCUT2D eigenvalue weighted by molar-refractivity contribution is -0.102. The van der Waals surface area contributed by atoms with Gasteiger partial charge in [0, 0.05) is 38.9 Å². The van der Waals surface area contributed by atoms with Crippen LogP contribution in [0.3, 0.4) is 0 Å². The number of likely N-dealkylation sites (tertiary alicyclic amines) is 1. The van der Waals surface area contributed by atoms with Crippen LogP contribution >= 0.6 is 0 Å². The number of hydrogen-bond acceptors (Lipinski definition) is 6. The van der Waals surface area contributed by atoms with Gasteiger partial charge >= 0.3 is 0 Å². The molecule has 162 valence electrons. The molecule has 1 fully saturated rings. The third-order valence-corrected chi connectivity index (χ3v) is 6.13. The van der Waals surface area contributed by atoms with E-state index in [1.807, 2.05) is 18.3 Å². The second kappa shape index (κ2) is 9.41. The topological polar surface area (TPSA) is 56.7 Å². The van der Waals surface area contributed by atoms with E-state index in [0.717, 1.165) is 62.8 Å². The Kier molecular flexibility index (Phi) is 6.66. The van der Waals surface area contributed by atoms with Crippen molar-refractivity contribution in [1.82, 2.24) is 14.9 Å². The highest BCUT2D eigenvalue weighted by Crippen LogP contribution is 2.40. The lowest BCUT2D eigenvalue weighted by Crippen LogP contribution is -2.47. The number of aromatic nitrogens is 2. The maximum atomic E-state index is 6.38. The van der Waals surface area contributed by atoms with Crippen molar-refractivity contribution in [1.29, 1.82) is 0 Å². The predicted octanol–water partition coefficient (Wildman–Crippen LogP) is 3.69. The molecule has 0 saturated carbocycles. The van der Waals surface area contributed by atoms with Crippen molar-refractivity contribution in [2.45, 2.75) is 51.2 Å². The molecule has 6 nitrogen and oxygen atoms in total. The van der Waals surface area contributed by atoms with Gasteiger partial charge in [0.2, 0.25) is 0 Å². The largest absolute Gasteiger partial charge is 0.491 e. The summed E-state index contributed by atoms with van der Waals surface area (Å²) < 4.78 is 17.1. The van der Waals surface area contributed by atoms with Crippen LogP contribution in [0, 0.1) is 0 Å². The van der Waals surface area contributed by atoms with Gasteiger partial charge in [0.15, 0.2) is 0 Å². The molecule has 0 unspecified atom stereocenters. The summed E-state index contributed by atoms with van der Waals surface area (Å²) in [4.78, 5) is 12.0. The zero-order valence-electron chi connectivity index (χ0n) is 18.4. The highest BCUT2D eigenvalue weighted by molar-refractivity contribution is 5.29. The minimum Gasteiger partial charge on any atom is -0.491 e. The lowest BCUT2D eigenvalue weighted by atomic mass is 9.83. The maximum Gasteiger partial charge on any atom is 0.131 e. The Bertz CT molecular complexity index is 830. The van der Waals surface area contributed by atoms with Crippen LogP contribution in [0.1, 0.15) is 55.3 Å². The summed E-state index contributed by atoms with van der Waals surface area (Å²) in [6.07, 6.45) is 4.90. The number of methoxy groups -OCH3 is 1. The van der Waals surface area contributed by atoms with Gasteiger partial charge in [-0.05, 0) is 42.5 Å². The first-order chi connectivity index (χ1) is 14.6. The van der Waals surface area contributed by atoms with Crippen molar-refractivity contribution >= 4 is 0 Å². The molecule has 30 heavy (non-hydrogen) atoms. The summed E-state index contributed by atoms with van der Waals surface area (Å²) in [7, 11) is 1.68. The van der Waals surface area contributed by atoms with E-state index in [1.54, 1.807) is 7.11 Å². The monoisotopic (exact) mass is 411 g/mol. The molecule has 3 heterocycles. The highest BCUT2D eigenvalue weighted by atomic mass is 16.5. The number of ether oxygens (including phenoxy) is 3. The first-order valence-corrected chi connectivity index (χ1v) is 11.0. The summed E-state index contributed by atoms with van der Waals surface area (Å²) in [5, 5.41) is 0. The molecule has 2 aliphatic rings. The first kappa shape index (κ1) is 21.2. The molecular weight excluding hydrogens is 378 g/mol. The van der Waals surface area contributed by atoms with Gasteiger partial charge in [-0.15, -0.1) is 0 Å². The first-order valence-electron chi connectivity index (χ1n) is 11.0. The van der Waals surface area contributed by atoms with E-state index in [1.165, 1.54) is 11.1 Å². The van der Waals surface area contributed by atoms with Gasteiger partial charge in [0.1, 0.15) is 23.8 Å². The summed E-state index contributed by atoms with van der Waals surface area (Å²) in [5.74, 6) is 2.14. The number of benzene rings is 1. The van der Waals surface area contributed by atoms with Gasteiger partial charge in [-0.2, -0.15) is 0 Å². The number of fused-ring (bicyclic) bond motifs is 2. The van der Waals surface area contributed by atoms with Crippen LogP contribution in [-0.2, 0) is 28.0 Å². The Morgan fingerprint density at radius 1 is 1.13 bits per heavy atom. The van der Waals surface area contributed by atoms with Crippen molar-refractivity contribution in [3.05, 3.63) is 53.1 Å². The van der Waals surface area contributed by atoms with Crippen LogP contribution in [0.25, 0.3) is 0 Å². The number of rotatable bonds is 7. The van der Waals surface area contributed by atoms with Crippen molar-refractivity contribution in [2.75, 3.05) is 40.0 Å². The Hall–Kier alpha value is -2.02. The molecule has 0 radical (unpaired) electrons. The maximum absolute atomic E-state index is 6.38. The minimum atomic E-state index is -0.240. The Morgan fingerprint density at radius 3 is 2.60 bits per heavy atom. The fourth-order valence-corrected chi connectivity index (χ4v) is 4.35. The molecule has 4 rings (SSSR count). The zero-order valence-corrected chi connectivity index (χ0v) is 18.4. The van der Waals surface area contributed by atoms with E-state index in [4.69, 9.17) is 19.2 Å². The second-order valence-corrected chi connectivity index (χ2v) is 8.61. The van der Waals surface area contributed by atoms with Gasteiger partial charge < -0.3 is 14.2 Å². The van der Waals surface area contributed by atoms with Crippen LogP contribution in [0.15, 0.2) is 30.5 Å². The molecule has 2 aliphatic heterocycles. The average molecular weight is 412 g/mol. The van der Waals surface area contributed by atoms with Gasteiger partial charge in [-0.3, -0.25) is 4.90 Å². The molecule has 0 atom stereocenters. The minimum absolute atomic E-state index is 0.240. The van der Waals surface area contributed by atoms with E-state index >= 15 is 0 Å². The number of hydrogen-bond donors (Lipinski definition) is 0. The fourth-order valence-electron chi connectivity index (χ4n) is 4.35. The molecule has 2 aromatic rings. The van der Waals surface area contributed by atoms with Crippen LogP contribution in [0.4, 0.5) is 0 Å². The Labute approximate surface area is 179 Å². The van der Waals surface area contributed by atoms with Crippen LogP contribution in [0.5, 0.6) is 5.75 Å². The second-order valence-electron chi connectivity index (χ2n) is 8.61. The number of piperidine rings is 1. The molecule has 0 amide bonds. The molecule has 6 heteroatoms. The highest BCUT2D eigenvalue weighted by Gasteiger charge is 2.42. The molecule has 1 saturated heterocycles. The molecule has 0 N–H and O–H groups in total. The summed E-state index contributed by atoms with van der Waals surface area (Å²) in [6.45, 7) is 9.20. The SMILES string of the molecule is COCCOc1ccc(CN2CCC3(CC2)OCCc2cnc(C(C)C)nc23)cc1. The quantitative estimate of drug-likeness (QED) is 0.648. The van der Waals surface area contributed by atoms with Gasteiger partial charge in [-0.25, -0.2) is 9.97 Å². The van der Waals surface area contributed by atoms with Crippen LogP contribution in [0.2, 0.25) is 0 Å². The zero-order chi connectivity index (χ0) is 21.0. The van der Waals surface area contributed by atoms with Crippen molar-refractivity contribution in [3.63, 3.8) is 0 Å². The average Bonchev–Trinajstić information content (AvgIpc) is 2.77. The summed E-state index contributed by atoms with van der Waals surface area (Å²) in [6, 6.07) is 8.39. The van der Waals surface area contributed by atoms with E-state index in [-0.39, 0.29) is 5.60 Å². The van der Waals surface area contributed by atoms with Crippen molar-refractivity contribution in [3.8, 4) is 5.75 Å². The van der Waals surface area contributed by atoms with E-state index in [9.17, 15) is 0 Å². The smallest absolute Gasteiger partial charge is 0.131 e. The van der Waals surface area contributed by atoms with Gasteiger partial charge in [0.05, 0.1) is 18.9 Å². The van der Waals surface area contributed by atoms with Crippen molar-refractivity contribution in [2.24, 2.45) is 0 Å². The van der Waals surface area contributed by atoms with E-state index in [0.29, 0.717) is 19.1 Å². The lowest BCUT2D eigenvalue weighted by Gasteiger charge is -2.44. The predicted molar refractivity (Wildman–Crippen MR) is 116 cm³/mol. The van der Waals surface area contributed by atoms with E-state index in [2.05, 4.69) is 35.9 Å². The molecule has 1 aromatic heterocycles. The molecular formula is C24H33N3O3. The summed E-state index contributed by atoms with van der Waals surface area (Å²) >= 11 is 0. The van der Waals surface area contributed by atoms with Crippen LogP contribution in [-0.4, -0.2) is 54.9 Å². The third-order valence-electron chi connectivity index (χ3n) is 6.13. The van der Waals surface area contributed by atoms with Crippen LogP contribution < -0.4 is 4.74 Å². The summed E-state index contributed by atoms with van der Waals surface area (Å²) in [5.41, 5.74) is 3.47. The van der Waals surface area contributed by atoms with E-state index < -0.39 is 0 Å². The molecule has 0 aliphatic carbocycles. The molecule has 1 aromatic carbocycles. The standard InChI is InChI=1S/C24H33N3O3/c1-18(2)23-25-16-20-8-13-30-24(22(20)26-23)9-11-27(12-10-24)17-19-4-6-21(7-5-19)29-15-14-28-3/h4-7,16,18H,8-15,17H2,1-3H3. The fraction of sp³-hybridized carbons (Fsp3) is 0.583. The normalized spacial score (nSPS) is 18.5. The third kappa shape index (κ3) is 4.66. The Balaban J connectivity index is 1.38. The van der Waals surface area contributed by atoms with Gasteiger partial charge in [0.25, 0.3) is 0 Å².